The highest BCUT2D eigenvalue weighted by molar-refractivity contribution is 7.80. The van der Waals surface area contributed by atoms with E-state index in [1.54, 1.807) is 25.3 Å². The maximum Gasteiger partial charge on any atom is 0.198 e. The lowest BCUT2D eigenvalue weighted by Gasteiger charge is -2.30. The highest BCUT2D eigenvalue weighted by Crippen LogP contribution is 2.47. The largest absolute Gasteiger partial charge is 0.497 e. The molecule has 0 fully saturated rings. The van der Waals surface area contributed by atoms with E-state index in [4.69, 9.17) is 33.2 Å². The van der Waals surface area contributed by atoms with Crippen LogP contribution in [0, 0.1) is 11.6 Å². The van der Waals surface area contributed by atoms with Gasteiger partial charge in [0.15, 0.2) is 5.88 Å². The van der Waals surface area contributed by atoms with Gasteiger partial charge in [-0.15, -0.1) is 0 Å². The molecule has 3 aromatic rings. The molecule has 0 radical (unpaired) electrons. The van der Waals surface area contributed by atoms with Crippen LogP contribution in [0.4, 0.5) is 8.78 Å². The summed E-state index contributed by atoms with van der Waals surface area (Å²) in [6, 6.07) is 12.6. The molecule has 4 nitrogen and oxygen atoms in total. The number of benzene rings is 3. The Morgan fingerprint density at radius 1 is 1.07 bits per heavy atom. The molecule has 0 saturated carbocycles. The number of fused-ring (bicyclic) bond motifs is 3. The number of ether oxygens (including phenoxy) is 2. The molecule has 0 saturated heterocycles. The molecule has 142 valence electrons. The van der Waals surface area contributed by atoms with Crippen molar-refractivity contribution in [3.63, 3.8) is 0 Å². The van der Waals surface area contributed by atoms with Crippen LogP contribution in [0.1, 0.15) is 17.0 Å². The first-order chi connectivity index (χ1) is 13.4. The van der Waals surface area contributed by atoms with E-state index in [9.17, 15) is 8.78 Å². The van der Waals surface area contributed by atoms with Crippen molar-refractivity contribution in [2.45, 2.75) is 5.92 Å². The Hall–Kier alpha value is -3.19. The Bertz CT molecular complexity index is 1140. The van der Waals surface area contributed by atoms with Gasteiger partial charge < -0.3 is 20.9 Å². The molecule has 28 heavy (non-hydrogen) atoms. The van der Waals surface area contributed by atoms with Gasteiger partial charge in [-0.05, 0) is 41.1 Å². The standard InChI is InChI=1S/C21H16F2N2O2S/c1-26-11-7-5-10-6-8-15-16(12(10)9-11)18(19(21(25)28)20(24)27-15)17-13(22)3-2-4-14(17)23/h2-9,18H,24H2,1H3,(H2,25,28). The second kappa shape index (κ2) is 6.76. The third-order valence-electron chi connectivity index (χ3n) is 4.85. The lowest BCUT2D eigenvalue weighted by atomic mass is 9.80. The predicted molar refractivity (Wildman–Crippen MR) is 107 cm³/mol. The van der Waals surface area contributed by atoms with Gasteiger partial charge in [0, 0.05) is 11.1 Å². The number of thiocarbonyl (C=S) groups is 1. The number of methoxy groups -OCH3 is 1. The molecule has 1 atom stereocenters. The molecule has 0 aliphatic carbocycles. The van der Waals surface area contributed by atoms with Crippen LogP contribution in [-0.2, 0) is 0 Å². The van der Waals surface area contributed by atoms with Crippen molar-refractivity contribution in [1.82, 2.24) is 0 Å². The number of rotatable bonds is 3. The van der Waals surface area contributed by atoms with E-state index in [-0.39, 0.29) is 22.0 Å². The second-order valence-electron chi connectivity index (χ2n) is 6.38. The average molecular weight is 398 g/mol. The van der Waals surface area contributed by atoms with Gasteiger partial charge in [-0.2, -0.15) is 0 Å². The highest BCUT2D eigenvalue weighted by atomic mass is 32.1. The quantitative estimate of drug-likeness (QED) is 0.650. The third-order valence-corrected chi connectivity index (χ3v) is 5.07. The summed E-state index contributed by atoms with van der Waals surface area (Å²) in [4.78, 5) is -0.0873. The molecule has 0 aromatic heterocycles. The van der Waals surface area contributed by atoms with E-state index in [2.05, 4.69) is 0 Å². The molecule has 0 spiro atoms. The fraction of sp³-hybridized carbons (Fsp3) is 0.0952. The van der Waals surface area contributed by atoms with Crippen LogP contribution in [0.5, 0.6) is 11.5 Å². The van der Waals surface area contributed by atoms with Crippen molar-refractivity contribution >= 4 is 28.0 Å². The van der Waals surface area contributed by atoms with Gasteiger partial charge in [0.05, 0.1) is 18.6 Å². The van der Waals surface area contributed by atoms with Gasteiger partial charge in [0.1, 0.15) is 28.1 Å². The van der Waals surface area contributed by atoms with Crippen LogP contribution < -0.4 is 20.9 Å². The van der Waals surface area contributed by atoms with Crippen LogP contribution >= 0.6 is 12.2 Å². The van der Waals surface area contributed by atoms with Gasteiger partial charge in [-0.1, -0.05) is 30.4 Å². The van der Waals surface area contributed by atoms with Gasteiger partial charge in [-0.3, -0.25) is 0 Å². The molecular weight excluding hydrogens is 382 g/mol. The molecular formula is C21H16F2N2O2S. The van der Waals surface area contributed by atoms with Crippen molar-refractivity contribution in [2.75, 3.05) is 7.11 Å². The Morgan fingerprint density at radius 3 is 2.39 bits per heavy atom. The van der Waals surface area contributed by atoms with Crippen LogP contribution in [0.3, 0.4) is 0 Å². The Morgan fingerprint density at radius 2 is 1.75 bits per heavy atom. The third kappa shape index (κ3) is 2.75. The summed E-state index contributed by atoms with van der Waals surface area (Å²) >= 11 is 5.15. The summed E-state index contributed by atoms with van der Waals surface area (Å²) in [5, 5.41) is 1.54. The van der Waals surface area contributed by atoms with E-state index in [1.807, 2.05) is 12.1 Å². The second-order valence-corrected chi connectivity index (χ2v) is 6.82. The molecule has 1 unspecified atom stereocenters. The van der Waals surface area contributed by atoms with Crippen LogP contribution in [0.15, 0.2) is 60.0 Å². The van der Waals surface area contributed by atoms with Crippen LogP contribution in [0.25, 0.3) is 10.8 Å². The number of halogens is 2. The topological polar surface area (TPSA) is 70.5 Å². The zero-order valence-corrected chi connectivity index (χ0v) is 15.6. The minimum Gasteiger partial charge on any atom is -0.497 e. The molecule has 0 bridgehead atoms. The van der Waals surface area contributed by atoms with Crippen molar-refractivity contribution in [3.05, 3.63) is 82.7 Å². The fourth-order valence-electron chi connectivity index (χ4n) is 3.61. The first-order valence-corrected chi connectivity index (χ1v) is 8.85. The van der Waals surface area contributed by atoms with Crippen LogP contribution in [-0.4, -0.2) is 12.1 Å². The minimum absolute atomic E-state index is 0.0742. The normalized spacial score (nSPS) is 15.9. The van der Waals surface area contributed by atoms with Crippen LogP contribution in [0.2, 0.25) is 0 Å². The monoisotopic (exact) mass is 398 g/mol. The summed E-state index contributed by atoms with van der Waals surface area (Å²) in [6.45, 7) is 0. The smallest absolute Gasteiger partial charge is 0.198 e. The molecule has 1 heterocycles. The summed E-state index contributed by atoms with van der Waals surface area (Å²) < 4.78 is 40.6. The molecule has 7 heteroatoms. The van der Waals surface area contributed by atoms with Gasteiger partial charge >= 0.3 is 0 Å². The predicted octanol–water partition coefficient (Wildman–Crippen LogP) is 4.11. The maximum atomic E-state index is 14.8. The number of nitrogens with two attached hydrogens (primary N) is 2. The zero-order valence-electron chi connectivity index (χ0n) is 14.8. The Kier molecular flexibility index (Phi) is 4.39. The maximum absolute atomic E-state index is 14.8. The molecule has 4 rings (SSSR count). The summed E-state index contributed by atoms with van der Waals surface area (Å²) in [5.41, 5.74) is 12.4. The number of hydrogen-bond acceptors (Lipinski definition) is 4. The lowest BCUT2D eigenvalue weighted by molar-refractivity contribution is 0.393. The van der Waals surface area contributed by atoms with Crippen molar-refractivity contribution < 1.29 is 18.3 Å². The highest BCUT2D eigenvalue weighted by Gasteiger charge is 2.36. The van der Waals surface area contributed by atoms with Crippen molar-refractivity contribution in [1.29, 1.82) is 0 Å². The molecule has 0 amide bonds. The van der Waals surface area contributed by atoms with E-state index >= 15 is 0 Å². The molecule has 3 aromatic carbocycles. The SMILES string of the molecule is COc1ccc2ccc3c(c2c1)C(c1c(F)cccc1F)C(C(N)=S)=C(N)O3. The fourth-order valence-corrected chi connectivity index (χ4v) is 3.83. The first-order valence-electron chi connectivity index (χ1n) is 8.44. The van der Waals surface area contributed by atoms with E-state index in [1.165, 1.54) is 18.2 Å². The molecule has 1 aliphatic rings. The minimum atomic E-state index is -0.960. The summed E-state index contributed by atoms with van der Waals surface area (Å²) in [5.74, 6) is -1.51. The van der Waals surface area contributed by atoms with E-state index < -0.39 is 17.6 Å². The van der Waals surface area contributed by atoms with Gasteiger partial charge in [0.25, 0.3) is 0 Å². The lowest BCUT2D eigenvalue weighted by Crippen LogP contribution is -2.30. The zero-order chi connectivity index (χ0) is 20.0. The average Bonchev–Trinajstić information content (AvgIpc) is 2.66. The number of hydrogen-bond donors (Lipinski definition) is 2. The van der Waals surface area contributed by atoms with E-state index in [0.29, 0.717) is 22.4 Å². The van der Waals surface area contributed by atoms with Crippen molar-refractivity contribution in [3.8, 4) is 11.5 Å². The Labute approximate surface area is 165 Å². The summed E-state index contributed by atoms with van der Waals surface area (Å²) in [6.07, 6.45) is 0. The Balaban J connectivity index is 2.13. The van der Waals surface area contributed by atoms with Crippen molar-refractivity contribution in [2.24, 2.45) is 11.5 Å². The van der Waals surface area contributed by atoms with Gasteiger partial charge in [-0.25, -0.2) is 8.78 Å². The molecule has 1 aliphatic heterocycles. The summed E-state index contributed by atoms with van der Waals surface area (Å²) in [7, 11) is 1.54. The van der Waals surface area contributed by atoms with Gasteiger partial charge in [0.2, 0.25) is 0 Å². The molecule has 4 N–H and O–H groups in total. The first kappa shape index (κ1) is 18.2. The van der Waals surface area contributed by atoms with E-state index in [0.717, 1.165) is 5.39 Å².